The third-order valence-electron chi connectivity index (χ3n) is 3.29. The SMILES string of the molecule is CC(Oc1cccc(-n2ccnc2-c2ccccn2)c1)C(=O)O. The molecular formula is C17H15N3O3. The van der Waals surface area contributed by atoms with E-state index in [0.29, 0.717) is 11.6 Å². The average molecular weight is 309 g/mol. The molecule has 1 N–H and O–H groups in total. The lowest BCUT2D eigenvalue weighted by atomic mass is 10.2. The zero-order valence-corrected chi connectivity index (χ0v) is 12.5. The predicted octanol–water partition coefficient (Wildman–Crippen LogP) is 2.79. The second kappa shape index (κ2) is 6.31. The van der Waals surface area contributed by atoms with Gasteiger partial charge in [0.25, 0.3) is 0 Å². The monoisotopic (exact) mass is 309 g/mol. The van der Waals surface area contributed by atoms with Crippen LogP contribution in [-0.2, 0) is 4.79 Å². The molecule has 6 heteroatoms. The first-order valence-corrected chi connectivity index (χ1v) is 7.10. The molecule has 0 saturated carbocycles. The fourth-order valence-electron chi connectivity index (χ4n) is 2.16. The van der Waals surface area contributed by atoms with E-state index in [9.17, 15) is 4.79 Å². The van der Waals surface area contributed by atoms with Gasteiger partial charge in [-0.05, 0) is 31.2 Å². The standard InChI is InChI=1S/C17H15N3O3/c1-12(17(21)22)23-14-6-4-5-13(11-14)20-10-9-19-16(20)15-7-2-3-8-18-15/h2-12H,1H3,(H,21,22). The highest BCUT2D eigenvalue weighted by molar-refractivity contribution is 5.72. The molecule has 2 aromatic heterocycles. The van der Waals surface area contributed by atoms with Crippen molar-refractivity contribution in [3.8, 4) is 23.0 Å². The molecule has 6 nitrogen and oxygen atoms in total. The molecule has 23 heavy (non-hydrogen) atoms. The highest BCUT2D eigenvalue weighted by Crippen LogP contribution is 2.23. The van der Waals surface area contributed by atoms with E-state index in [0.717, 1.165) is 11.4 Å². The molecule has 3 aromatic rings. The van der Waals surface area contributed by atoms with Crippen LogP contribution in [0.15, 0.2) is 61.1 Å². The zero-order valence-electron chi connectivity index (χ0n) is 12.5. The summed E-state index contributed by atoms with van der Waals surface area (Å²) < 4.78 is 7.29. The van der Waals surface area contributed by atoms with E-state index < -0.39 is 12.1 Å². The number of aliphatic carboxylic acids is 1. The topological polar surface area (TPSA) is 77.2 Å². The van der Waals surface area contributed by atoms with E-state index in [-0.39, 0.29) is 0 Å². The van der Waals surface area contributed by atoms with Crippen molar-refractivity contribution in [1.82, 2.24) is 14.5 Å². The Morgan fingerprint density at radius 2 is 2.04 bits per heavy atom. The van der Waals surface area contributed by atoms with E-state index in [1.807, 2.05) is 35.0 Å². The average Bonchev–Trinajstić information content (AvgIpc) is 3.05. The summed E-state index contributed by atoms with van der Waals surface area (Å²) in [6.45, 7) is 1.49. The lowest BCUT2D eigenvalue weighted by molar-refractivity contribution is -0.144. The first-order valence-electron chi connectivity index (χ1n) is 7.10. The molecule has 3 rings (SSSR count). The van der Waals surface area contributed by atoms with E-state index in [1.54, 1.807) is 30.6 Å². The molecule has 0 bridgehead atoms. The molecular weight excluding hydrogens is 294 g/mol. The summed E-state index contributed by atoms with van der Waals surface area (Å²) in [6, 6.07) is 12.8. The number of rotatable bonds is 5. The summed E-state index contributed by atoms with van der Waals surface area (Å²) in [5.41, 5.74) is 1.57. The predicted molar refractivity (Wildman–Crippen MR) is 84.5 cm³/mol. The Balaban J connectivity index is 1.95. The lowest BCUT2D eigenvalue weighted by Gasteiger charge is -2.13. The number of hydrogen-bond donors (Lipinski definition) is 1. The summed E-state index contributed by atoms with van der Waals surface area (Å²) in [6.07, 6.45) is 4.31. The minimum atomic E-state index is -1.01. The number of hydrogen-bond acceptors (Lipinski definition) is 4. The fourth-order valence-corrected chi connectivity index (χ4v) is 2.16. The van der Waals surface area contributed by atoms with Crippen molar-refractivity contribution in [3.05, 3.63) is 61.1 Å². The van der Waals surface area contributed by atoms with E-state index >= 15 is 0 Å². The van der Waals surface area contributed by atoms with Gasteiger partial charge in [-0.1, -0.05) is 12.1 Å². The van der Waals surface area contributed by atoms with Gasteiger partial charge in [-0.3, -0.25) is 9.55 Å². The van der Waals surface area contributed by atoms with Gasteiger partial charge in [-0.15, -0.1) is 0 Å². The Morgan fingerprint density at radius 3 is 2.78 bits per heavy atom. The van der Waals surface area contributed by atoms with Gasteiger partial charge in [-0.2, -0.15) is 0 Å². The molecule has 0 radical (unpaired) electrons. The number of carboxylic acid groups (broad SMARTS) is 1. The summed E-state index contributed by atoms with van der Waals surface area (Å²) in [4.78, 5) is 19.6. The minimum absolute atomic E-state index is 0.484. The van der Waals surface area contributed by atoms with Crippen LogP contribution in [0.5, 0.6) is 5.75 Å². The molecule has 0 aliphatic rings. The van der Waals surface area contributed by atoms with Gasteiger partial charge in [0.05, 0.1) is 5.69 Å². The van der Waals surface area contributed by atoms with Crippen LogP contribution >= 0.6 is 0 Å². The molecule has 0 amide bonds. The summed E-state index contributed by atoms with van der Waals surface area (Å²) in [5, 5.41) is 8.94. The number of carbonyl (C=O) groups is 1. The minimum Gasteiger partial charge on any atom is -0.479 e. The normalized spacial score (nSPS) is 11.9. The number of benzene rings is 1. The first-order chi connectivity index (χ1) is 11.1. The van der Waals surface area contributed by atoms with E-state index in [4.69, 9.17) is 9.84 Å². The van der Waals surface area contributed by atoms with Gasteiger partial charge in [0, 0.05) is 24.7 Å². The molecule has 1 unspecified atom stereocenters. The second-order valence-corrected chi connectivity index (χ2v) is 4.93. The van der Waals surface area contributed by atoms with Crippen LogP contribution < -0.4 is 4.74 Å². The summed E-state index contributed by atoms with van der Waals surface area (Å²) in [7, 11) is 0. The Hall–Kier alpha value is -3.15. The molecule has 0 aliphatic carbocycles. The number of imidazole rings is 1. The van der Waals surface area contributed by atoms with Crippen molar-refractivity contribution in [2.24, 2.45) is 0 Å². The van der Waals surface area contributed by atoms with Gasteiger partial charge in [0.15, 0.2) is 11.9 Å². The molecule has 1 atom stereocenters. The van der Waals surface area contributed by atoms with Crippen molar-refractivity contribution in [2.45, 2.75) is 13.0 Å². The maximum atomic E-state index is 10.9. The third kappa shape index (κ3) is 3.21. The molecule has 0 spiro atoms. The molecule has 0 aliphatic heterocycles. The van der Waals surface area contributed by atoms with Crippen LogP contribution in [-0.4, -0.2) is 31.7 Å². The fraction of sp³-hybridized carbons (Fsp3) is 0.118. The second-order valence-electron chi connectivity index (χ2n) is 4.93. The van der Waals surface area contributed by atoms with Crippen molar-refractivity contribution in [3.63, 3.8) is 0 Å². The van der Waals surface area contributed by atoms with Crippen LogP contribution in [0.4, 0.5) is 0 Å². The number of pyridine rings is 1. The molecule has 2 heterocycles. The largest absolute Gasteiger partial charge is 0.479 e. The third-order valence-corrected chi connectivity index (χ3v) is 3.29. The van der Waals surface area contributed by atoms with Gasteiger partial charge in [0.1, 0.15) is 11.4 Å². The smallest absolute Gasteiger partial charge is 0.344 e. The molecule has 0 saturated heterocycles. The van der Waals surface area contributed by atoms with Crippen molar-refractivity contribution < 1.29 is 14.6 Å². The number of ether oxygens (including phenoxy) is 1. The van der Waals surface area contributed by atoms with Crippen LogP contribution in [0.1, 0.15) is 6.92 Å². The highest BCUT2D eigenvalue weighted by Gasteiger charge is 2.14. The Bertz CT molecular complexity index is 815. The maximum Gasteiger partial charge on any atom is 0.344 e. The van der Waals surface area contributed by atoms with E-state index in [1.165, 1.54) is 6.92 Å². The number of aromatic nitrogens is 3. The Labute approximate surface area is 133 Å². The Morgan fingerprint density at radius 1 is 1.17 bits per heavy atom. The van der Waals surface area contributed by atoms with Gasteiger partial charge >= 0.3 is 5.97 Å². The van der Waals surface area contributed by atoms with Crippen LogP contribution in [0.3, 0.4) is 0 Å². The summed E-state index contributed by atoms with van der Waals surface area (Å²) >= 11 is 0. The Kier molecular flexibility index (Phi) is 4.05. The maximum absolute atomic E-state index is 10.9. The number of nitrogens with zero attached hydrogens (tertiary/aromatic N) is 3. The van der Waals surface area contributed by atoms with Gasteiger partial charge < -0.3 is 9.84 Å². The van der Waals surface area contributed by atoms with Crippen LogP contribution in [0.2, 0.25) is 0 Å². The molecule has 116 valence electrons. The van der Waals surface area contributed by atoms with Gasteiger partial charge in [0.2, 0.25) is 0 Å². The first kappa shape index (κ1) is 14.8. The molecule has 0 fully saturated rings. The van der Waals surface area contributed by atoms with E-state index in [2.05, 4.69) is 9.97 Å². The van der Waals surface area contributed by atoms with Gasteiger partial charge in [-0.25, -0.2) is 9.78 Å². The zero-order chi connectivity index (χ0) is 16.2. The molecule has 1 aromatic carbocycles. The number of carboxylic acids is 1. The quantitative estimate of drug-likeness (QED) is 0.784. The summed E-state index contributed by atoms with van der Waals surface area (Å²) in [5.74, 6) is 0.180. The van der Waals surface area contributed by atoms with Crippen LogP contribution in [0, 0.1) is 0 Å². The van der Waals surface area contributed by atoms with Crippen molar-refractivity contribution in [2.75, 3.05) is 0 Å². The highest BCUT2D eigenvalue weighted by atomic mass is 16.5. The van der Waals surface area contributed by atoms with Crippen molar-refractivity contribution in [1.29, 1.82) is 0 Å². The lowest BCUT2D eigenvalue weighted by Crippen LogP contribution is -2.22. The van der Waals surface area contributed by atoms with Crippen molar-refractivity contribution >= 4 is 5.97 Å². The van der Waals surface area contributed by atoms with Crippen LogP contribution in [0.25, 0.3) is 17.2 Å².